The van der Waals surface area contributed by atoms with E-state index in [1.54, 1.807) is 24.3 Å². The highest BCUT2D eigenvalue weighted by Crippen LogP contribution is 2.21. The molecule has 5 heteroatoms. The number of benzene rings is 2. The van der Waals surface area contributed by atoms with E-state index in [1.165, 1.54) is 20.3 Å². The van der Waals surface area contributed by atoms with Crippen molar-refractivity contribution in [2.45, 2.75) is 6.54 Å². The number of ether oxygens (including phenoxy) is 2. The largest absolute Gasteiger partial charge is 0.494 e. The van der Waals surface area contributed by atoms with E-state index in [1.807, 2.05) is 12.1 Å². The Morgan fingerprint density at radius 3 is 2.62 bits per heavy atom. The number of halogens is 1. The van der Waals surface area contributed by atoms with Crippen LogP contribution in [-0.4, -0.2) is 20.2 Å². The predicted octanol–water partition coefficient (Wildman–Crippen LogP) is 3.23. The summed E-state index contributed by atoms with van der Waals surface area (Å²) in [6.45, 7) is 0.386. The summed E-state index contributed by atoms with van der Waals surface area (Å²) in [5.74, 6) is -0.646. The van der Waals surface area contributed by atoms with Crippen molar-refractivity contribution in [3.05, 3.63) is 59.4 Å². The van der Waals surface area contributed by atoms with Crippen molar-refractivity contribution in [3.8, 4) is 5.75 Å². The van der Waals surface area contributed by atoms with Crippen LogP contribution in [0.2, 0.25) is 0 Å². The van der Waals surface area contributed by atoms with Gasteiger partial charge in [-0.3, -0.25) is 0 Å². The Morgan fingerprint density at radius 2 is 1.95 bits per heavy atom. The second kappa shape index (κ2) is 6.74. The first-order valence-corrected chi connectivity index (χ1v) is 6.39. The van der Waals surface area contributed by atoms with E-state index in [0.29, 0.717) is 17.8 Å². The third-order valence-electron chi connectivity index (χ3n) is 3.06. The van der Waals surface area contributed by atoms with Gasteiger partial charge in [0.05, 0.1) is 19.8 Å². The lowest BCUT2D eigenvalue weighted by molar-refractivity contribution is 0.0599. The summed E-state index contributed by atoms with van der Waals surface area (Å²) in [7, 11) is 2.75. The summed E-state index contributed by atoms with van der Waals surface area (Å²) in [5.41, 5.74) is 1.87. The number of carbonyl (C=O) groups excluding carboxylic acids is 1. The maximum atomic E-state index is 13.6. The number of hydrogen-bond acceptors (Lipinski definition) is 4. The molecular weight excluding hydrogens is 273 g/mol. The Kier molecular flexibility index (Phi) is 4.77. The monoisotopic (exact) mass is 289 g/mol. The highest BCUT2D eigenvalue weighted by Gasteiger charge is 2.11. The zero-order chi connectivity index (χ0) is 15.2. The normalized spacial score (nSPS) is 10.0. The van der Waals surface area contributed by atoms with E-state index < -0.39 is 11.8 Å². The van der Waals surface area contributed by atoms with Gasteiger partial charge in [-0.1, -0.05) is 18.2 Å². The lowest BCUT2D eigenvalue weighted by atomic mass is 10.1. The Bertz CT molecular complexity index is 643. The maximum absolute atomic E-state index is 13.6. The number of esters is 1. The van der Waals surface area contributed by atoms with E-state index in [9.17, 15) is 9.18 Å². The molecule has 0 aliphatic rings. The quantitative estimate of drug-likeness (QED) is 0.858. The molecule has 0 atom stereocenters. The first-order valence-electron chi connectivity index (χ1n) is 6.39. The fourth-order valence-electron chi connectivity index (χ4n) is 1.96. The number of rotatable bonds is 5. The van der Waals surface area contributed by atoms with Crippen molar-refractivity contribution in [2.75, 3.05) is 19.5 Å². The van der Waals surface area contributed by atoms with Crippen molar-refractivity contribution in [3.63, 3.8) is 0 Å². The SMILES string of the molecule is COC(=O)c1ccccc1CNc1ccc(OC)c(F)c1. The molecule has 0 aliphatic carbocycles. The molecule has 110 valence electrons. The van der Waals surface area contributed by atoms with Gasteiger partial charge in [-0.15, -0.1) is 0 Å². The van der Waals surface area contributed by atoms with Gasteiger partial charge in [-0.05, 0) is 23.8 Å². The molecule has 0 bridgehead atoms. The zero-order valence-corrected chi connectivity index (χ0v) is 11.9. The molecule has 0 radical (unpaired) electrons. The van der Waals surface area contributed by atoms with Crippen LogP contribution < -0.4 is 10.1 Å². The van der Waals surface area contributed by atoms with E-state index in [0.717, 1.165) is 5.56 Å². The Labute approximate surface area is 122 Å². The van der Waals surface area contributed by atoms with Crippen molar-refractivity contribution in [2.24, 2.45) is 0 Å². The van der Waals surface area contributed by atoms with Crippen molar-refractivity contribution in [1.82, 2.24) is 0 Å². The van der Waals surface area contributed by atoms with Crippen molar-refractivity contribution < 1.29 is 18.7 Å². The summed E-state index contributed by atoms with van der Waals surface area (Å²) in [6, 6.07) is 11.7. The number of carbonyl (C=O) groups is 1. The average Bonchev–Trinajstić information content (AvgIpc) is 2.52. The lowest BCUT2D eigenvalue weighted by Crippen LogP contribution is -2.09. The molecule has 0 saturated heterocycles. The highest BCUT2D eigenvalue weighted by molar-refractivity contribution is 5.91. The van der Waals surface area contributed by atoms with Crippen LogP contribution in [-0.2, 0) is 11.3 Å². The Balaban J connectivity index is 2.13. The molecule has 2 rings (SSSR count). The number of hydrogen-bond donors (Lipinski definition) is 1. The lowest BCUT2D eigenvalue weighted by Gasteiger charge is -2.11. The second-order valence-electron chi connectivity index (χ2n) is 4.35. The summed E-state index contributed by atoms with van der Waals surface area (Å²) >= 11 is 0. The van der Waals surface area contributed by atoms with Gasteiger partial charge in [0, 0.05) is 18.3 Å². The topological polar surface area (TPSA) is 47.6 Å². The van der Waals surface area contributed by atoms with Crippen molar-refractivity contribution >= 4 is 11.7 Å². The fraction of sp³-hybridized carbons (Fsp3) is 0.188. The minimum atomic E-state index is -0.441. The van der Waals surface area contributed by atoms with E-state index in [-0.39, 0.29) is 5.75 Å². The highest BCUT2D eigenvalue weighted by atomic mass is 19.1. The van der Waals surface area contributed by atoms with Gasteiger partial charge in [0.15, 0.2) is 11.6 Å². The van der Waals surface area contributed by atoms with Gasteiger partial charge in [-0.25, -0.2) is 9.18 Å². The van der Waals surface area contributed by atoms with Gasteiger partial charge in [0.25, 0.3) is 0 Å². The summed E-state index contributed by atoms with van der Waals surface area (Å²) in [4.78, 5) is 11.7. The Hall–Kier alpha value is -2.56. The molecule has 0 saturated carbocycles. The molecule has 21 heavy (non-hydrogen) atoms. The minimum Gasteiger partial charge on any atom is -0.494 e. The van der Waals surface area contributed by atoms with Gasteiger partial charge in [-0.2, -0.15) is 0 Å². The zero-order valence-electron chi connectivity index (χ0n) is 11.9. The van der Waals surface area contributed by atoms with Gasteiger partial charge in [0.2, 0.25) is 0 Å². The van der Waals surface area contributed by atoms with Crippen LogP contribution in [0.5, 0.6) is 5.75 Å². The molecule has 0 amide bonds. The molecule has 2 aromatic carbocycles. The predicted molar refractivity (Wildman–Crippen MR) is 78.1 cm³/mol. The van der Waals surface area contributed by atoms with Gasteiger partial charge in [0.1, 0.15) is 0 Å². The van der Waals surface area contributed by atoms with Crippen LogP contribution in [0.1, 0.15) is 15.9 Å². The van der Waals surface area contributed by atoms with Gasteiger partial charge >= 0.3 is 5.97 Å². The van der Waals surface area contributed by atoms with Crippen LogP contribution in [0.4, 0.5) is 10.1 Å². The number of methoxy groups -OCH3 is 2. The first-order chi connectivity index (χ1) is 10.2. The number of anilines is 1. The molecule has 0 aromatic heterocycles. The summed E-state index contributed by atoms with van der Waals surface area (Å²) < 4.78 is 23.2. The standard InChI is InChI=1S/C16H16FNO3/c1-20-15-8-7-12(9-14(15)17)18-10-11-5-3-4-6-13(11)16(19)21-2/h3-9,18H,10H2,1-2H3. The van der Waals surface area contributed by atoms with Crippen molar-refractivity contribution in [1.29, 1.82) is 0 Å². The molecule has 0 aliphatic heterocycles. The summed E-state index contributed by atoms with van der Waals surface area (Å²) in [6.07, 6.45) is 0. The van der Waals surface area contributed by atoms with Crippen LogP contribution in [0.25, 0.3) is 0 Å². The van der Waals surface area contributed by atoms with Crippen LogP contribution >= 0.6 is 0 Å². The maximum Gasteiger partial charge on any atom is 0.338 e. The minimum absolute atomic E-state index is 0.190. The fourth-order valence-corrected chi connectivity index (χ4v) is 1.96. The van der Waals surface area contributed by atoms with Crippen LogP contribution in [0, 0.1) is 5.82 Å². The molecule has 0 unspecified atom stereocenters. The van der Waals surface area contributed by atoms with E-state index in [2.05, 4.69) is 5.32 Å². The molecule has 0 fully saturated rings. The molecule has 4 nitrogen and oxygen atoms in total. The van der Waals surface area contributed by atoms with E-state index >= 15 is 0 Å². The number of nitrogens with one attached hydrogen (secondary N) is 1. The molecule has 2 aromatic rings. The van der Waals surface area contributed by atoms with Crippen LogP contribution in [0.3, 0.4) is 0 Å². The first kappa shape index (κ1) is 14.8. The van der Waals surface area contributed by atoms with E-state index in [4.69, 9.17) is 9.47 Å². The van der Waals surface area contributed by atoms with Crippen LogP contribution in [0.15, 0.2) is 42.5 Å². The molecule has 0 heterocycles. The molecular formula is C16H16FNO3. The average molecular weight is 289 g/mol. The summed E-state index contributed by atoms with van der Waals surface area (Å²) in [5, 5.41) is 3.07. The second-order valence-corrected chi connectivity index (χ2v) is 4.35. The molecule has 1 N–H and O–H groups in total. The van der Waals surface area contributed by atoms with Gasteiger partial charge < -0.3 is 14.8 Å². The third-order valence-corrected chi connectivity index (χ3v) is 3.06. The third kappa shape index (κ3) is 3.51. The molecule has 0 spiro atoms. The smallest absolute Gasteiger partial charge is 0.338 e. The Morgan fingerprint density at radius 1 is 1.19 bits per heavy atom.